The van der Waals surface area contributed by atoms with Gasteiger partial charge in [0.05, 0.1) is 11.4 Å². The largest absolute Gasteiger partial charge is 0.355 e. The number of halogens is 1. The lowest BCUT2D eigenvalue weighted by Crippen LogP contribution is -2.51. The second-order valence-electron chi connectivity index (χ2n) is 6.79. The van der Waals surface area contributed by atoms with E-state index in [1.807, 2.05) is 25.7 Å². The Hall–Kier alpha value is -0.960. The van der Waals surface area contributed by atoms with E-state index in [9.17, 15) is 13.2 Å². The fraction of sp³-hybridized carbons (Fsp3) is 0.588. The number of piperazine rings is 1. The van der Waals surface area contributed by atoms with Crippen LogP contribution in [0.5, 0.6) is 0 Å². The van der Waals surface area contributed by atoms with Crippen molar-refractivity contribution in [1.82, 2.24) is 14.5 Å². The average molecular weight is 432 g/mol. The van der Waals surface area contributed by atoms with Crippen molar-refractivity contribution in [3.8, 4) is 0 Å². The second kappa shape index (κ2) is 8.62. The van der Waals surface area contributed by atoms with Crippen molar-refractivity contribution >= 4 is 31.9 Å². The standard InChI is InChI=1S/C17H26BrN3O3S/c1-13(2)11-19-17(22)12-20-6-8-21(9-7-20)25(23,24)15-4-5-16(18)14(3)10-15/h4-5,10,13H,6-9,11-12H2,1-3H3,(H,19,22). The molecular formula is C17H26BrN3O3S. The van der Waals surface area contributed by atoms with Gasteiger partial charge in [0, 0.05) is 37.2 Å². The van der Waals surface area contributed by atoms with E-state index < -0.39 is 10.0 Å². The Morgan fingerprint density at radius 1 is 1.24 bits per heavy atom. The molecule has 140 valence electrons. The number of sulfonamides is 1. The van der Waals surface area contributed by atoms with Crippen LogP contribution in [-0.2, 0) is 14.8 Å². The lowest BCUT2D eigenvalue weighted by atomic mass is 10.2. The van der Waals surface area contributed by atoms with Gasteiger partial charge in [-0.05, 0) is 36.6 Å². The summed E-state index contributed by atoms with van der Waals surface area (Å²) >= 11 is 3.39. The van der Waals surface area contributed by atoms with Crippen LogP contribution in [0.25, 0.3) is 0 Å². The minimum absolute atomic E-state index is 0.00598. The highest BCUT2D eigenvalue weighted by Gasteiger charge is 2.29. The quantitative estimate of drug-likeness (QED) is 0.745. The van der Waals surface area contributed by atoms with Crippen LogP contribution in [0.2, 0.25) is 0 Å². The lowest BCUT2D eigenvalue weighted by Gasteiger charge is -2.33. The molecule has 0 atom stereocenters. The van der Waals surface area contributed by atoms with Gasteiger partial charge in [0.1, 0.15) is 0 Å². The molecule has 6 nitrogen and oxygen atoms in total. The van der Waals surface area contributed by atoms with Crippen LogP contribution in [-0.4, -0.2) is 62.8 Å². The summed E-state index contributed by atoms with van der Waals surface area (Å²) in [5, 5.41) is 2.89. The van der Waals surface area contributed by atoms with E-state index in [-0.39, 0.29) is 5.91 Å². The fourth-order valence-corrected chi connectivity index (χ4v) is 4.39. The monoisotopic (exact) mass is 431 g/mol. The van der Waals surface area contributed by atoms with Gasteiger partial charge in [0.25, 0.3) is 0 Å². The van der Waals surface area contributed by atoms with Crippen LogP contribution in [0, 0.1) is 12.8 Å². The van der Waals surface area contributed by atoms with E-state index in [0.717, 1.165) is 10.0 Å². The lowest BCUT2D eigenvalue weighted by molar-refractivity contribution is -0.122. The topological polar surface area (TPSA) is 69.7 Å². The molecule has 1 aliphatic rings. The molecule has 1 N–H and O–H groups in total. The first-order chi connectivity index (χ1) is 11.7. The molecule has 25 heavy (non-hydrogen) atoms. The first-order valence-electron chi connectivity index (χ1n) is 8.45. The van der Waals surface area contributed by atoms with E-state index in [4.69, 9.17) is 0 Å². The van der Waals surface area contributed by atoms with Gasteiger partial charge < -0.3 is 5.32 Å². The van der Waals surface area contributed by atoms with Crippen LogP contribution in [0.15, 0.2) is 27.6 Å². The normalized spacial score (nSPS) is 17.0. The number of rotatable bonds is 6. The van der Waals surface area contributed by atoms with Crippen LogP contribution in [0.1, 0.15) is 19.4 Å². The molecule has 0 radical (unpaired) electrons. The van der Waals surface area contributed by atoms with Crippen LogP contribution in [0.3, 0.4) is 0 Å². The third-order valence-electron chi connectivity index (χ3n) is 4.17. The average Bonchev–Trinajstić information content (AvgIpc) is 2.56. The van der Waals surface area contributed by atoms with Crippen molar-refractivity contribution in [2.45, 2.75) is 25.7 Å². The number of amides is 1. The van der Waals surface area contributed by atoms with Crippen molar-refractivity contribution in [3.63, 3.8) is 0 Å². The molecular weight excluding hydrogens is 406 g/mol. The Bertz CT molecular complexity index is 714. The van der Waals surface area contributed by atoms with Crippen molar-refractivity contribution in [3.05, 3.63) is 28.2 Å². The van der Waals surface area contributed by atoms with Crippen LogP contribution < -0.4 is 5.32 Å². The Kier molecular flexibility index (Phi) is 7.01. The van der Waals surface area contributed by atoms with Crippen molar-refractivity contribution in [2.75, 3.05) is 39.3 Å². The Morgan fingerprint density at radius 3 is 2.44 bits per heavy atom. The molecule has 2 rings (SSSR count). The Morgan fingerprint density at radius 2 is 1.88 bits per heavy atom. The van der Waals surface area contributed by atoms with E-state index in [1.54, 1.807) is 18.2 Å². The molecule has 0 saturated carbocycles. The Labute approximate surface area is 158 Å². The van der Waals surface area contributed by atoms with Gasteiger partial charge in [-0.1, -0.05) is 29.8 Å². The predicted octanol–water partition coefficient (Wildman–Crippen LogP) is 1.84. The Balaban J connectivity index is 1.92. The number of nitrogens with one attached hydrogen (secondary N) is 1. The smallest absolute Gasteiger partial charge is 0.243 e. The SMILES string of the molecule is Cc1cc(S(=O)(=O)N2CCN(CC(=O)NCC(C)C)CC2)ccc1Br. The van der Waals surface area contributed by atoms with Crippen molar-refractivity contribution in [1.29, 1.82) is 0 Å². The number of benzene rings is 1. The minimum Gasteiger partial charge on any atom is -0.355 e. The maximum Gasteiger partial charge on any atom is 0.243 e. The second-order valence-corrected chi connectivity index (χ2v) is 9.58. The third-order valence-corrected chi connectivity index (χ3v) is 6.96. The number of hydrogen-bond donors (Lipinski definition) is 1. The summed E-state index contributed by atoms with van der Waals surface area (Å²) in [7, 11) is -3.49. The molecule has 8 heteroatoms. The molecule has 0 aromatic heterocycles. The van der Waals surface area contributed by atoms with E-state index in [2.05, 4.69) is 21.2 Å². The summed E-state index contributed by atoms with van der Waals surface area (Å²) in [4.78, 5) is 14.2. The van der Waals surface area contributed by atoms with Gasteiger partial charge in [-0.15, -0.1) is 0 Å². The first kappa shape index (κ1) is 20.4. The molecule has 1 saturated heterocycles. The van der Waals surface area contributed by atoms with Gasteiger partial charge in [-0.2, -0.15) is 4.31 Å². The molecule has 1 aliphatic heterocycles. The highest BCUT2D eigenvalue weighted by Crippen LogP contribution is 2.23. The molecule has 1 amide bonds. The first-order valence-corrected chi connectivity index (χ1v) is 10.7. The molecule has 1 fully saturated rings. The van der Waals surface area contributed by atoms with Gasteiger partial charge in [0.15, 0.2) is 0 Å². The van der Waals surface area contributed by atoms with Crippen molar-refractivity contribution < 1.29 is 13.2 Å². The molecule has 0 spiro atoms. The summed E-state index contributed by atoms with van der Waals surface area (Å²) in [5.74, 6) is 0.411. The number of carbonyl (C=O) groups excluding carboxylic acids is 1. The molecule has 1 aromatic rings. The highest BCUT2D eigenvalue weighted by molar-refractivity contribution is 9.10. The molecule has 0 bridgehead atoms. The molecule has 1 heterocycles. The van der Waals surface area contributed by atoms with E-state index in [1.165, 1.54) is 4.31 Å². The minimum atomic E-state index is -3.49. The van der Waals surface area contributed by atoms with Crippen molar-refractivity contribution in [2.24, 2.45) is 5.92 Å². The third kappa shape index (κ3) is 5.51. The zero-order valence-corrected chi connectivity index (χ0v) is 17.4. The maximum atomic E-state index is 12.8. The molecule has 0 unspecified atom stereocenters. The number of nitrogens with zero attached hydrogens (tertiary/aromatic N) is 2. The van der Waals surface area contributed by atoms with Gasteiger partial charge in [0.2, 0.25) is 15.9 Å². The fourth-order valence-electron chi connectivity index (χ4n) is 2.63. The summed E-state index contributed by atoms with van der Waals surface area (Å²) < 4.78 is 27.9. The van der Waals surface area contributed by atoms with Gasteiger partial charge in [-0.3, -0.25) is 9.69 Å². The summed E-state index contributed by atoms with van der Waals surface area (Å²) in [5.41, 5.74) is 0.890. The van der Waals surface area contributed by atoms with E-state index in [0.29, 0.717) is 50.1 Å². The van der Waals surface area contributed by atoms with Crippen LogP contribution in [0.4, 0.5) is 0 Å². The maximum absolute atomic E-state index is 12.8. The van der Waals surface area contributed by atoms with Crippen LogP contribution >= 0.6 is 15.9 Å². The number of carbonyl (C=O) groups is 1. The number of hydrogen-bond acceptors (Lipinski definition) is 4. The molecule has 0 aliphatic carbocycles. The summed E-state index contributed by atoms with van der Waals surface area (Å²) in [6, 6.07) is 5.07. The van der Waals surface area contributed by atoms with E-state index >= 15 is 0 Å². The van der Waals surface area contributed by atoms with Gasteiger partial charge >= 0.3 is 0 Å². The van der Waals surface area contributed by atoms with Gasteiger partial charge in [-0.25, -0.2) is 8.42 Å². The highest BCUT2D eigenvalue weighted by atomic mass is 79.9. The summed E-state index contributed by atoms with van der Waals surface area (Å²) in [6.07, 6.45) is 0. The summed E-state index contributed by atoms with van der Waals surface area (Å²) in [6.45, 7) is 8.86. The zero-order valence-electron chi connectivity index (χ0n) is 15.0. The molecule has 1 aromatic carbocycles. The number of aryl methyl sites for hydroxylation is 1. The zero-order chi connectivity index (χ0) is 18.6. The predicted molar refractivity (Wildman–Crippen MR) is 102 cm³/mol.